The van der Waals surface area contributed by atoms with Crippen LogP contribution in [0.25, 0.3) is 0 Å². The van der Waals surface area contributed by atoms with Gasteiger partial charge < -0.3 is 15.4 Å². The third-order valence-corrected chi connectivity index (χ3v) is 7.98. The first kappa shape index (κ1) is 20.6. The van der Waals surface area contributed by atoms with Gasteiger partial charge in [0.25, 0.3) is 0 Å². The monoisotopic (exact) mass is 420 g/mol. The second-order valence-electron chi connectivity index (χ2n) is 8.16. The normalized spacial score (nSPS) is 27.9. The molecule has 0 saturated carbocycles. The van der Waals surface area contributed by atoms with E-state index in [9.17, 15) is 8.42 Å². The molecule has 160 valence electrons. The standard InChI is InChI=1S/C21H32N4O3S/c1-2-22-21(24-19-14-17-8-11-20(19)28-17)23-15-16-6-9-18(10-7-16)29(26,27)25-12-4-3-5-13-25/h6-7,9-10,17,19-20H,2-5,8,11-15H2,1H3,(H2,22,23,24). The van der Waals surface area contributed by atoms with Crippen LogP contribution in [0.2, 0.25) is 0 Å². The van der Waals surface area contributed by atoms with Gasteiger partial charge in [0.05, 0.1) is 29.7 Å². The lowest BCUT2D eigenvalue weighted by atomic mass is 9.96. The van der Waals surface area contributed by atoms with Gasteiger partial charge in [-0.3, -0.25) is 0 Å². The summed E-state index contributed by atoms with van der Waals surface area (Å²) in [5.41, 5.74) is 0.990. The summed E-state index contributed by atoms with van der Waals surface area (Å²) in [5, 5.41) is 6.81. The molecule has 0 radical (unpaired) electrons. The lowest BCUT2D eigenvalue weighted by Gasteiger charge is -2.25. The van der Waals surface area contributed by atoms with Crippen molar-refractivity contribution in [2.24, 2.45) is 4.99 Å². The maximum absolute atomic E-state index is 12.8. The summed E-state index contributed by atoms with van der Waals surface area (Å²) in [6, 6.07) is 7.47. The van der Waals surface area contributed by atoms with E-state index >= 15 is 0 Å². The zero-order valence-electron chi connectivity index (χ0n) is 17.1. The molecule has 1 aromatic carbocycles. The zero-order chi connectivity index (χ0) is 20.3. The summed E-state index contributed by atoms with van der Waals surface area (Å²) in [4.78, 5) is 5.06. The van der Waals surface area contributed by atoms with Crippen LogP contribution in [0, 0.1) is 0 Å². The number of ether oxygens (including phenoxy) is 1. The Balaban J connectivity index is 1.39. The van der Waals surface area contributed by atoms with Gasteiger partial charge in [-0.25, -0.2) is 13.4 Å². The maximum atomic E-state index is 12.8. The fourth-order valence-electron chi connectivity index (χ4n) is 4.48. The van der Waals surface area contributed by atoms with Gasteiger partial charge in [-0.2, -0.15) is 4.31 Å². The summed E-state index contributed by atoms with van der Waals surface area (Å²) >= 11 is 0. The minimum Gasteiger partial charge on any atom is -0.373 e. The average molecular weight is 421 g/mol. The Bertz CT molecular complexity index is 819. The number of sulfonamides is 1. The first-order valence-electron chi connectivity index (χ1n) is 10.9. The first-order valence-corrected chi connectivity index (χ1v) is 12.3. The van der Waals surface area contributed by atoms with Crippen LogP contribution in [0.5, 0.6) is 0 Å². The van der Waals surface area contributed by atoms with Gasteiger partial charge in [-0.05, 0) is 56.7 Å². The molecule has 0 spiro atoms. The number of rotatable bonds is 6. The van der Waals surface area contributed by atoms with Crippen molar-refractivity contribution >= 4 is 16.0 Å². The molecule has 0 aromatic heterocycles. The molecule has 8 heteroatoms. The van der Waals surface area contributed by atoms with Crippen molar-refractivity contribution in [3.63, 3.8) is 0 Å². The number of hydrogen-bond acceptors (Lipinski definition) is 4. The fourth-order valence-corrected chi connectivity index (χ4v) is 5.99. The predicted octanol–water partition coefficient (Wildman–Crippen LogP) is 2.24. The molecule has 3 unspecified atom stereocenters. The molecular formula is C21H32N4O3S. The van der Waals surface area contributed by atoms with Gasteiger partial charge in [0.1, 0.15) is 0 Å². The summed E-state index contributed by atoms with van der Waals surface area (Å²) in [5.74, 6) is 0.790. The average Bonchev–Trinajstić information content (AvgIpc) is 3.36. The Hall–Kier alpha value is -1.64. The van der Waals surface area contributed by atoms with E-state index in [1.807, 2.05) is 12.1 Å². The number of nitrogens with zero attached hydrogens (tertiary/aromatic N) is 2. The van der Waals surface area contributed by atoms with E-state index in [0.29, 0.717) is 42.8 Å². The van der Waals surface area contributed by atoms with E-state index in [-0.39, 0.29) is 0 Å². The molecule has 0 aliphatic carbocycles. The van der Waals surface area contributed by atoms with E-state index in [0.717, 1.165) is 50.2 Å². The molecule has 3 atom stereocenters. The van der Waals surface area contributed by atoms with Gasteiger partial charge in [0.2, 0.25) is 10.0 Å². The zero-order valence-corrected chi connectivity index (χ0v) is 18.0. The van der Waals surface area contributed by atoms with Crippen molar-refractivity contribution < 1.29 is 13.2 Å². The van der Waals surface area contributed by atoms with E-state index in [2.05, 4.69) is 17.6 Å². The first-order chi connectivity index (χ1) is 14.1. The minimum atomic E-state index is -3.38. The Kier molecular flexibility index (Phi) is 6.41. The minimum absolute atomic E-state index is 0.295. The summed E-state index contributed by atoms with van der Waals surface area (Å²) in [6.07, 6.45) is 7.02. The molecule has 1 aromatic rings. The molecular weight excluding hydrogens is 388 g/mol. The molecule has 0 amide bonds. The van der Waals surface area contributed by atoms with Gasteiger partial charge in [-0.15, -0.1) is 0 Å². The van der Waals surface area contributed by atoms with Gasteiger partial charge >= 0.3 is 0 Å². The third-order valence-electron chi connectivity index (χ3n) is 6.07. The predicted molar refractivity (Wildman–Crippen MR) is 113 cm³/mol. The molecule has 3 aliphatic rings. The van der Waals surface area contributed by atoms with Crippen LogP contribution in [0.3, 0.4) is 0 Å². The van der Waals surface area contributed by atoms with Crippen LogP contribution >= 0.6 is 0 Å². The molecule has 2 N–H and O–H groups in total. The molecule has 29 heavy (non-hydrogen) atoms. The lowest BCUT2D eigenvalue weighted by Crippen LogP contribution is -2.47. The number of hydrogen-bond donors (Lipinski definition) is 2. The van der Waals surface area contributed by atoms with Crippen LogP contribution in [0.4, 0.5) is 0 Å². The SMILES string of the molecule is CCNC(=NCc1ccc(S(=O)(=O)N2CCCCC2)cc1)NC1CC2CCC1O2. The molecule has 2 bridgehead atoms. The van der Waals surface area contributed by atoms with Crippen molar-refractivity contribution in [3.05, 3.63) is 29.8 Å². The van der Waals surface area contributed by atoms with Crippen molar-refractivity contribution in [1.82, 2.24) is 14.9 Å². The van der Waals surface area contributed by atoms with Gasteiger partial charge in [0.15, 0.2) is 5.96 Å². The van der Waals surface area contributed by atoms with E-state index in [4.69, 9.17) is 9.73 Å². The lowest BCUT2D eigenvalue weighted by molar-refractivity contribution is 0.0992. The highest BCUT2D eigenvalue weighted by Crippen LogP contribution is 2.34. The molecule has 7 nitrogen and oxygen atoms in total. The Morgan fingerprint density at radius 3 is 2.55 bits per heavy atom. The Labute approximate surface area is 174 Å². The fraction of sp³-hybridized carbons (Fsp3) is 0.667. The summed E-state index contributed by atoms with van der Waals surface area (Å²) in [6.45, 7) is 4.59. The number of benzene rings is 1. The van der Waals surface area contributed by atoms with Crippen molar-refractivity contribution in [2.75, 3.05) is 19.6 Å². The van der Waals surface area contributed by atoms with Gasteiger partial charge in [0, 0.05) is 19.6 Å². The molecule has 3 fully saturated rings. The van der Waals surface area contributed by atoms with Crippen LogP contribution in [0.15, 0.2) is 34.2 Å². The maximum Gasteiger partial charge on any atom is 0.243 e. The molecule has 3 heterocycles. The Morgan fingerprint density at radius 1 is 1.17 bits per heavy atom. The number of nitrogens with one attached hydrogen (secondary N) is 2. The highest BCUT2D eigenvalue weighted by atomic mass is 32.2. The largest absolute Gasteiger partial charge is 0.373 e. The second kappa shape index (κ2) is 9.02. The van der Waals surface area contributed by atoms with Crippen LogP contribution in [-0.4, -0.2) is 56.6 Å². The highest BCUT2D eigenvalue weighted by molar-refractivity contribution is 7.89. The van der Waals surface area contributed by atoms with Crippen molar-refractivity contribution in [2.45, 2.75) is 75.1 Å². The molecule has 3 aliphatic heterocycles. The molecule has 3 saturated heterocycles. The third kappa shape index (κ3) is 4.75. The van der Waals surface area contributed by atoms with E-state index in [1.54, 1.807) is 16.4 Å². The second-order valence-corrected chi connectivity index (χ2v) is 10.1. The van der Waals surface area contributed by atoms with Crippen LogP contribution in [-0.2, 0) is 21.3 Å². The number of aliphatic imine (C=N–C) groups is 1. The topological polar surface area (TPSA) is 83.0 Å². The summed E-state index contributed by atoms with van der Waals surface area (Å²) < 4.78 is 33.1. The van der Waals surface area contributed by atoms with E-state index < -0.39 is 10.0 Å². The Morgan fingerprint density at radius 2 is 1.93 bits per heavy atom. The number of guanidine groups is 1. The molecule has 4 rings (SSSR count). The van der Waals surface area contributed by atoms with Crippen LogP contribution in [0.1, 0.15) is 51.0 Å². The quantitative estimate of drug-likeness (QED) is 0.545. The number of fused-ring (bicyclic) bond motifs is 2. The van der Waals surface area contributed by atoms with Crippen molar-refractivity contribution in [3.8, 4) is 0 Å². The van der Waals surface area contributed by atoms with Crippen molar-refractivity contribution in [1.29, 1.82) is 0 Å². The highest BCUT2D eigenvalue weighted by Gasteiger charge is 2.41. The summed E-state index contributed by atoms with van der Waals surface area (Å²) in [7, 11) is -3.38. The number of piperidine rings is 1. The van der Waals surface area contributed by atoms with Gasteiger partial charge in [-0.1, -0.05) is 18.6 Å². The smallest absolute Gasteiger partial charge is 0.243 e. The van der Waals surface area contributed by atoms with E-state index in [1.165, 1.54) is 6.42 Å². The van der Waals surface area contributed by atoms with Crippen LogP contribution < -0.4 is 10.6 Å².